The van der Waals surface area contributed by atoms with Crippen molar-refractivity contribution in [2.45, 2.75) is 39.2 Å². The third-order valence-electron chi connectivity index (χ3n) is 4.47. The first-order chi connectivity index (χ1) is 11.4. The molecule has 2 heterocycles. The minimum atomic E-state index is -2.93. The fraction of sp³-hybridized carbons (Fsp3) is 0.647. The molecule has 7 heteroatoms. The highest BCUT2D eigenvalue weighted by molar-refractivity contribution is 7.91. The number of rotatable bonds is 7. The van der Waals surface area contributed by atoms with Crippen LogP contribution < -0.4 is 4.90 Å². The van der Waals surface area contributed by atoms with Crippen LogP contribution in [0, 0.1) is 0 Å². The standard InChI is InChI=1S/C17H27N3O3S/c1-4-6-10-19(3)17(21)14-7-8-16(18-12-14)20(5-2)15-9-11-24(22,23)13-15/h7-8,12,15H,4-6,9-11,13H2,1-3H3. The Hall–Kier alpha value is -1.63. The van der Waals surface area contributed by atoms with E-state index in [2.05, 4.69) is 11.9 Å². The highest BCUT2D eigenvalue weighted by Gasteiger charge is 2.32. The SMILES string of the molecule is CCCCN(C)C(=O)c1ccc(N(CC)C2CCS(=O)(=O)C2)nc1. The number of unbranched alkanes of at least 4 members (excludes halogenated alkanes) is 1. The maximum absolute atomic E-state index is 12.3. The van der Waals surface area contributed by atoms with Crippen molar-refractivity contribution in [2.24, 2.45) is 0 Å². The lowest BCUT2D eigenvalue weighted by Gasteiger charge is -2.28. The van der Waals surface area contributed by atoms with Crippen molar-refractivity contribution in [3.63, 3.8) is 0 Å². The van der Waals surface area contributed by atoms with Gasteiger partial charge in [0.25, 0.3) is 5.91 Å². The normalized spacial score (nSPS) is 19.2. The second-order valence-corrected chi connectivity index (χ2v) is 8.56. The van der Waals surface area contributed by atoms with Gasteiger partial charge in [-0.1, -0.05) is 13.3 Å². The van der Waals surface area contributed by atoms with Crippen LogP contribution in [-0.2, 0) is 9.84 Å². The summed E-state index contributed by atoms with van der Waals surface area (Å²) in [7, 11) is -1.13. The molecule has 1 aliphatic heterocycles. The zero-order valence-corrected chi connectivity index (χ0v) is 15.6. The van der Waals surface area contributed by atoms with E-state index in [0.29, 0.717) is 18.5 Å². The Morgan fingerprint density at radius 3 is 2.58 bits per heavy atom. The molecule has 0 aromatic carbocycles. The number of pyridine rings is 1. The Morgan fingerprint density at radius 1 is 1.33 bits per heavy atom. The molecule has 2 rings (SSSR count). The predicted molar refractivity (Wildman–Crippen MR) is 96.2 cm³/mol. The summed E-state index contributed by atoms with van der Waals surface area (Å²) in [4.78, 5) is 20.5. The smallest absolute Gasteiger partial charge is 0.255 e. The van der Waals surface area contributed by atoms with E-state index in [1.54, 1.807) is 24.2 Å². The first-order valence-electron chi connectivity index (χ1n) is 8.56. The molecule has 1 unspecified atom stereocenters. The van der Waals surface area contributed by atoms with Crippen molar-refractivity contribution >= 4 is 21.6 Å². The van der Waals surface area contributed by atoms with Crippen molar-refractivity contribution in [1.82, 2.24) is 9.88 Å². The molecule has 1 aromatic heterocycles. The predicted octanol–water partition coefficient (Wildman–Crippen LogP) is 1.97. The van der Waals surface area contributed by atoms with Crippen molar-refractivity contribution in [2.75, 3.05) is 36.5 Å². The van der Waals surface area contributed by atoms with Gasteiger partial charge in [-0.15, -0.1) is 0 Å². The van der Waals surface area contributed by atoms with E-state index in [1.165, 1.54) is 0 Å². The van der Waals surface area contributed by atoms with E-state index in [4.69, 9.17) is 0 Å². The van der Waals surface area contributed by atoms with E-state index in [0.717, 1.165) is 25.2 Å². The Labute approximate surface area is 144 Å². The van der Waals surface area contributed by atoms with Gasteiger partial charge < -0.3 is 9.80 Å². The van der Waals surface area contributed by atoms with Crippen LogP contribution in [0.1, 0.15) is 43.5 Å². The van der Waals surface area contributed by atoms with Crippen molar-refractivity contribution < 1.29 is 13.2 Å². The number of amides is 1. The van der Waals surface area contributed by atoms with Gasteiger partial charge in [-0.2, -0.15) is 0 Å². The van der Waals surface area contributed by atoms with Gasteiger partial charge in [0, 0.05) is 32.4 Å². The molecule has 0 spiro atoms. The zero-order valence-electron chi connectivity index (χ0n) is 14.7. The highest BCUT2D eigenvalue weighted by Crippen LogP contribution is 2.23. The van der Waals surface area contributed by atoms with Crippen LogP contribution in [0.4, 0.5) is 5.82 Å². The number of sulfone groups is 1. The van der Waals surface area contributed by atoms with Crippen LogP contribution in [0.2, 0.25) is 0 Å². The highest BCUT2D eigenvalue weighted by atomic mass is 32.2. The summed E-state index contributed by atoms with van der Waals surface area (Å²) in [6.45, 7) is 5.51. The van der Waals surface area contributed by atoms with Crippen molar-refractivity contribution in [1.29, 1.82) is 0 Å². The lowest BCUT2D eigenvalue weighted by Crippen LogP contribution is -2.36. The van der Waals surface area contributed by atoms with Crippen LogP contribution in [0.15, 0.2) is 18.3 Å². The minimum absolute atomic E-state index is 0.0266. The van der Waals surface area contributed by atoms with Crippen LogP contribution in [0.5, 0.6) is 0 Å². The molecular weight excluding hydrogens is 326 g/mol. The Balaban J connectivity index is 2.08. The number of aromatic nitrogens is 1. The van der Waals surface area contributed by atoms with Gasteiger partial charge in [0.1, 0.15) is 5.82 Å². The monoisotopic (exact) mass is 353 g/mol. The summed E-state index contributed by atoms with van der Waals surface area (Å²) in [5.74, 6) is 1.12. The number of anilines is 1. The molecule has 6 nitrogen and oxygen atoms in total. The molecule has 0 radical (unpaired) electrons. The lowest BCUT2D eigenvalue weighted by molar-refractivity contribution is 0.0793. The molecule has 0 bridgehead atoms. The van der Waals surface area contributed by atoms with Crippen LogP contribution in [-0.4, -0.2) is 61.9 Å². The van der Waals surface area contributed by atoms with Gasteiger partial charge in [-0.25, -0.2) is 13.4 Å². The molecule has 1 atom stereocenters. The lowest BCUT2D eigenvalue weighted by atomic mass is 10.2. The molecule has 1 saturated heterocycles. The van der Waals surface area contributed by atoms with Gasteiger partial charge in [-0.05, 0) is 31.9 Å². The first-order valence-corrected chi connectivity index (χ1v) is 10.4. The van der Waals surface area contributed by atoms with Crippen LogP contribution in [0.3, 0.4) is 0 Å². The van der Waals surface area contributed by atoms with Crippen LogP contribution >= 0.6 is 0 Å². The number of hydrogen-bond acceptors (Lipinski definition) is 5. The van der Waals surface area contributed by atoms with E-state index < -0.39 is 9.84 Å². The minimum Gasteiger partial charge on any atom is -0.353 e. The van der Waals surface area contributed by atoms with E-state index in [-0.39, 0.29) is 23.5 Å². The molecule has 1 fully saturated rings. The van der Waals surface area contributed by atoms with Gasteiger partial charge >= 0.3 is 0 Å². The summed E-state index contributed by atoms with van der Waals surface area (Å²) in [6.07, 6.45) is 4.25. The summed E-state index contributed by atoms with van der Waals surface area (Å²) < 4.78 is 23.4. The molecular formula is C17H27N3O3S. The van der Waals surface area contributed by atoms with Crippen molar-refractivity contribution in [3.8, 4) is 0 Å². The molecule has 0 aliphatic carbocycles. The average Bonchev–Trinajstić information content (AvgIpc) is 2.93. The molecule has 1 amide bonds. The third kappa shape index (κ3) is 4.47. The van der Waals surface area contributed by atoms with E-state index in [9.17, 15) is 13.2 Å². The average molecular weight is 353 g/mol. The summed E-state index contributed by atoms with van der Waals surface area (Å²) in [5, 5.41) is 0. The molecule has 0 saturated carbocycles. The molecule has 1 aromatic rings. The first kappa shape index (κ1) is 18.7. The zero-order chi connectivity index (χ0) is 17.7. The number of carbonyl (C=O) groups excluding carboxylic acids is 1. The quantitative estimate of drug-likeness (QED) is 0.749. The Kier molecular flexibility index (Phi) is 6.21. The molecule has 24 heavy (non-hydrogen) atoms. The fourth-order valence-electron chi connectivity index (χ4n) is 3.03. The second-order valence-electron chi connectivity index (χ2n) is 6.33. The maximum Gasteiger partial charge on any atom is 0.255 e. The number of hydrogen-bond donors (Lipinski definition) is 0. The Morgan fingerprint density at radius 2 is 2.08 bits per heavy atom. The van der Waals surface area contributed by atoms with Gasteiger partial charge in [-0.3, -0.25) is 4.79 Å². The van der Waals surface area contributed by atoms with Gasteiger partial charge in [0.2, 0.25) is 0 Å². The fourth-order valence-corrected chi connectivity index (χ4v) is 4.76. The summed E-state index contributed by atoms with van der Waals surface area (Å²) in [5.41, 5.74) is 0.562. The maximum atomic E-state index is 12.3. The number of carbonyl (C=O) groups is 1. The topological polar surface area (TPSA) is 70.6 Å². The molecule has 0 N–H and O–H groups in total. The van der Waals surface area contributed by atoms with Gasteiger partial charge in [0.05, 0.1) is 17.1 Å². The van der Waals surface area contributed by atoms with Crippen molar-refractivity contribution in [3.05, 3.63) is 23.9 Å². The molecule has 1 aliphatic rings. The van der Waals surface area contributed by atoms with Gasteiger partial charge in [0.15, 0.2) is 9.84 Å². The summed E-state index contributed by atoms with van der Waals surface area (Å²) in [6, 6.07) is 3.57. The third-order valence-corrected chi connectivity index (χ3v) is 6.22. The van der Waals surface area contributed by atoms with E-state index in [1.807, 2.05) is 17.9 Å². The molecule has 134 valence electrons. The Bertz CT molecular complexity index is 658. The van der Waals surface area contributed by atoms with Crippen LogP contribution in [0.25, 0.3) is 0 Å². The number of nitrogens with zero attached hydrogens (tertiary/aromatic N) is 3. The summed E-state index contributed by atoms with van der Waals surface area (Å²) >= 11 is 0. The second kappa shape index (κ2) is 7.96. The largest absolute Gasteiger partial charge is 0.353 e. The van der Waals surface area contributed by atoms with E-state index >= 15 is 0 Å².